The van der Waals surface area contributed by atoms with Gasteiger partial charge in [0.2, 0.25) is 5.91 Å². The Kier molecular flexibility index (Phi) is 4.57. The summed E-state index contributed by atoms with van der Waals surface area (Å²) in [4.78, 5) is 12.1. The summed E-state index contributed by atoms with van der Waals surface area (Å²) in [5.74, 6) is -0.0900. The van der Waals surface area contributed by atoms with Crippen LogP contribution in [0.1, 0.15) is 49.4 Å². The minimum absolute atomic E-state index is 0.0900. The molecule has 0 atom stereocenters. The van der Waals surface area contributed by atoms with Gasteiger partial charge in [0.05, 0.1) is 0 Å². The lowest BCUT2D eigenvalue weighted by atomic mass is 9.87. The minimum Gasteiger partial charge on any atom is -0.323 e. The summed E-state index contributed by atoms with van der Waals surface area (Å²) >= 11 is 0. The van der Waals surface area contributed by atoms with Crippen LogP contribution in [0.25, 0.3) is 6.08 Å². The van der Waals surface area contributed by atoms with Gasteiger partial charge in [-0.3, -0.25) is 4.79 Å². The number of amides is 1. The number of aryl methyl sites for hydroxylation is 2. The van der Waals surface area contributed by atoms with Crippen LogP contribution in [0.15, 0.2) is 48.5 Å². The van der Waals surface area contributed by atoms with E-state index in [0.717, 1.165) is 24.1 Å². The first-order valence-electron chi connectivity index (χ1n) is 8.63. The van der Waals surface area contributed by atoms with Gasteiger partial charge in [0.1, 0.15) is 0 Å². The van der Waals surface area contributed by atoms with E-state index in [4.69, 9.17) is 0 Å². The quantitative estimate of drug-likeness (QED) is 0.781. The predicted molar refractivity (Wildman–Crippen MR) is 101 cm³/mol. The summed E-state index contributed by atoms with van der Waals surface area (Å²) < 4.78 is 0. The molecule has 0 radical (unpaired) electrons. The van der Waals surface area contributed by atoms with E-state index in [0.29, 0.717) is 0 Å². The van der Waals surface area contributed by atoms with E-state index >= 15 is 0 Å². The third-order valence-electron chi connectivity index (χ3n) is 4.57. The molecular formula is C22H25NO. The summed E-state index contributed by atoms with van der Waals surface area (Å²) in [5.41, 5.74) is 6.15. The molecule has 0 unspecified atom stereocenters. The standard InChI is InChI=1S/C22H25NO/c1-22(2,3)19-11-7-16(8-12-19)9-14-21(24)23-20-13-10-17-5-4-6-18(17)15-20/h7-15H,4-6H2,1-3H3,(H,23,24)/b14-9+. The Hall–Kier alpha value is -2.35. The van der Waals surface area contributed by atoms with Crippen molar-refractivity contribution in [2.75, 3.05) is 5.32 Å². The van der Waals surface area contributed by atoms with E-state index in [9.17, 15) is 4.79 Å². The van der Waals surface area contributed by atoms with E-state index in [2.05, 4.69) is 62.5 Å². The number of anilines is 1. The highest BCUT2D eigenvalue weighted by atomic mass is 16.1. The number of hydrogen-bond donors (Lipinski definition) is 1. The van der Waals surface area contributed by atoms with Crippen molar-refractivity contribution in [2.45, 2.75) is 45.4 Å². The highest BCUT2D eigenvalue weighted by Gasteiger charge is 2.13. The van der Waals surface area contributed by atoms with Crippen molar-refractivity contribution in [2.24, 2.45) is 0 Å². The number of rotatable bonds is 3. The first-order chi connectivity index (χ1) is 11.4. The molecule has 2 heteroatoms. The molecule has 1 aliphatic rings. The summed E-state index contributed by atoms with van der Waals surface area (Å²) in [7, 11) is 0. The maximum atomic E-state index is 12.1. The Morgan fingerprint density at radius 1 is 1.00 bits per heavy atom. The summed E-state index contributed by atoms with van der Waals surface area (Å²) in [6.45, 7) is 6.59. The van der Waals surface area contributed by atoms with E-state index in [1.165, 1.54) is 23.1 Å². The second-order valence-electron chi connectivity index (χ2n) is 7.53. The topological polar surface area (TPSA) is 29.1 Å². The first kappa shape index (κ1) is 16.5. The molecule has 0 aliphatic heterocycles. The van der Waals surface area contributed by atoms with Crippen LogP contribution in [0, 0.1) is 0 Å². The monoisotopic (exact) mass is 319 g/mol. The van der Waals surface area contributed by atoms with Crippen LogP contribution in [-0.4, -0.2) is 5.91 Å². The fourth-order valence-corrected chi connectivity index (χ4v) is 3.10. The van der Waals surface area contributed by atoms with Crippen molar-refractivity contribution in [1.29, 1.82) is 0 Å². The van der Waals surface area contributed by atoms with E-state index in [1.54, 1.807) is 6.08 Å². The average Bonchev–Trinajstić information content (AvgIpc) is 3.00. The van der Waals surface area contributed by atoms with Crippen molar-refractivity contribution in [3.8, 4) is 0 Å². The highest BCUT2D eigenvalue weighted by Crippen LogP contribution is 2.25. The third-order valence-corrected chi connectivity index (χ3v) is 4.57. The lowest BCUT2D eigenvalue weighted by molar-refractivity contribution is -0.111. The Balaban J connectivity index is 1.63. The van der Waals surface area contributed by atoms with Gasteiger partial charge in [0.25, 0.3) is 0 Å². The van der Waals surface area contributed by atoms with Gasteiger partial charge in [-0.05, 0) is 65.1 Å². The van der Waals surface area contributed by atoms with Gasteiger partial charge >= 0.3 is 0 Å². The van der Waals surface area contributed by atoms with Gasteiger partial charge < -0.3 is 5.32 Å². The van der Waals surface area contributed by atoms with Crippen LogP contribution in [0.4, 0.5) is 5.69 Å². The molecule has 0 fully saturated rings. The fourth-order valence-electron chi connectivity index (χ4n) is 3.10. The van der Waals surface area contributed by atoms with Crippen molar-refractivity contribution >= 4 is 17.7 Å². The zero-order valence-electron chi connectivity index (χ0n) is 14.7. The van der Waals surface area contributed by atoms with Crippen LogP contribution in [0.2, 0.25) is 0 Å². The largest absolute Gasteiger partial charge is 0.323 e. The maximum Gasteiger partial charge on any atom is 0.248 e. The fraction of sp³-hybridized carbons (Fsp3) is 0.318. The number of nitrogens with one attached hydrogen (secondary N) is 1. The molecule has 2 aromatic carbocycles. The predicted octanol–water partition coefficient (Wildman–Crippen LogP) is 5.12. The number of carbonyl (C=O) groups is 1. The van der Waals surface area contributed by atoms with Gasteiger partial charge in [0, 0.05) is 11.8 Å². The van der Waals surface area contributed by atoms with Gasteiger partial charge in [0.15, 0.2) is 0 Å². The number of hydrogen-bond acceptors (Lipinski definition) is 1. The van der Waals surface area contributed by atoms with Crippen LogP contribution in [0.5, 0.6) is 0 Å². The van der Waals surface area contributed by atoms with Crippen LogP contribution in [-0.2, 0) is 23.1 Å². The zero-order chi connectivity index (χ0) is 17.2. The molecule has 1 aliphatic carbocycles. The molecular weight excluding hydrogens is 294 g/mol. The van der Waals surface area contributed by atoms with Crippen LogP contribution >= 0.6 is 0 Å². The summed E-state index contributed by atoms with van der Waals surface area (Å²) in [6, 6.07) is 14.6. The molecule has 0 aromatic heterocycles. The molecule has 0 saturated carbocycles. The Bertz CT molecular complexity index is 764. The SMILES string of the molecule is CC(C)(C)c1ccc(/C=C/C(=O)Nc2ccc3c(c2)CCC3)cc1. The normalized spacial score (nSPS) is 14.0. The van der Waals surface area contributed by atoms with Crippen LogP contribution in [0.3, 0.4) is 0 Å². The van der Waals surface area contributed by atoms with Crippen molar-refractivity contribution in [1.82, 2.24) is 0 Å². The van der Waals surface area contributed by atoms with Gasteiger partial charge in [-0.1, -0.05) is 51.1 Å². The van der Waals surface area contributed by atoms with Crippen LogP contribution < -0.4 is 5.32 Å². The molecule has 2 nitrogen and oxygen atoms in total. The lowest BCUT2D eigenvalue weighted by Crippen LogP contribution is -2.10. The highest BCUT2D eigenvalue weighted by molar-refractivity contribution is 6.02. The van der Waals surface area contributed by atoms with Crippen molar-refractivity contribution < 1.29 is 4.79 Å². The molecule has 2 aromatic rings. The third kappa shape index (κ3) is 3.94. The Morgan fingerprint density at radius 2 is 1.71 bits per heavy atom. The first-order valence-corrected chi connectivity index (χ1v) is 8.63. The smallest absolute Gasteiger partial charge is 0.248 e. The van der Waals surface area contributed by atoms with E-state index in [1.807, 2.05) is 12.1 Å². The average molecular weight is 319 g/mol. The van der Waals surface area contributed by atoms with Gasteiger partial charge in [-0.15, -0.1) is 0 Å². The molecule has 124 valence electrons. The Morgan fingerprint density at radius 3 is 2.42 bits per heavy atom. The van der Waals surface area contributed by atoms with Crippen molar-refractivity contribution in [3.63, 3.8) is 0 Å². The summed E-state index contributed by atoms with van der Waals surface area (Å²) in [6.07, 6.45) is 6.95. The Labute approximate surface area is 144 Å². The molecule has 1 N–H and O–H groups in total. The molecule has 0 spiro atoms. The molecule has 24 heavy (non-hydrogen) atoms. The maximum absolute atomic E-state index is 12.1. The second kappa shape index (κ2) is 6.64. The van der Waals surface area contributed by atoms with E-state index < -0.39 is 0 Å². The molecule has 0 bridgehead atoms. The van der Waals surface area contributed by atoms with Crippen molar-refractivity contribution in [3.05, 3.63) is 70.8 Å². The number of fused-ring (bicyclic) bond motifs is 1. The van der Waals surface area contributed by atoms with Gasteiger partial charge in [-0.25, -0.2) is 0 Å². The van der Waals surface area contributed by atoms with E-state index in [-0.39, 0.29) is 11.3 Å². The number of carbonyl (C=O) groups excluding carboxylic acids is 1. The summed E-state index contributed by atoms with van der Waals surface area (Å²) in [5, 5.41) is 2.95. The number of benzene rings is 2. The molecule has 1 amide bonds. The second-order valence-corrected chi connectivity index (χ2v) is 7.53. The molecule has 3 rings (SSSR count). The lowest BCUT2D eigenvalue weighted by Gasteiger charge is -2.18. The molecule has 0 saturated heterocycles. The minimum atomic E-state index is -0.0900. The molecule has 0 heterocycles. The zero-order valence-corrected chi connectivity index (χ0v) is 14.7. The van der Waals surface area contributed by atoms with Gasteiger partial charge in [-0.2, -0.15) is 0 Å².